The fourth-order valence-electron chi connectivity index (χ4n) is 2.53. The minimum absolute atomic E-state index is 0.0141. The normalized spacial score (nSPS) is 20.0. The van der Waals surface area contributed by atoms with Gasteiger partial charge >= 0.3 is 6.18 Å². The van der Waals surface area contributed by atoms with Gasteiger partial charge in [-0.1, -0.05) is 11.6 Å². The second-order valence-corrected chi connectivity index (χ2v) is 7.23. The Morgan fingerprint density at radius 2 is 2.26 bits per heavy atom. The van der Waals surface area contributed by atoms with E-state index in [9.17, 15) is 13.2 Å². The van der Waals surface area contributed by atoms with Gasteiger partial charge in [0.1, 0.15) is 0 Å². The molecule has 0 amide bonds. The fraction of sp³-hybridized carbons (Fsp3) is 0.643. The monoisotopic (exact) mass is 368 g/mol. The molecule has 2 heterocycles. The number of nitrogens with one attached hydrogen (secondary N) is 2. The number of hydrogen-bond acceptors (Lipinski definition) is 3. The van der Waals surface area contributed by atoms with Crippen molar-refractivity contribution in [3.63, 3.8) is 0 Å². The number of hydrogen-bond donors (Lipinski definition) is 2. The number of alkyl halides is 3. The number of rotatable bonds is 5. The van der Waals surface area contributed by atoms with Gasteiger partial charge in [0.05, 0.1) is 10.9 Å². The van der Waals surface area contributed by atoms with E-state index >= 15 is 0 Å². The van der Waals surface area contributed by atoms with Crippen LogP contribution in [-0.4, -0.2) is 56.3 Å². The lowest BCUT2D eigenvalue weighted by Gasteiger charge is -2.19. The molecule has 0 spiro atoms. The number of likely N-dealkylation sites (tertiary alicyclic amines) is 1. The molecule has 1 unspecified atom stereocenters. The van der Waals surface area contributed by atoms with Gasteiger partial charge in [-0.05, 0) is 25.0 Å². The number of nitrogens with zero attached hydrogens (tertiary/aromatic N) is 2. The molecule has 1 aromatic rings. The van der Waals surface area contributed by atoms with Crippen LogP contribution in [0, 0.1) is 0 Å². The molecule has 23 heavy (non-hydrogen) atoms. The average Bonchev–Trinajstić information content (AvgIpc) is 3.05. The summed E-state index contributed by atoms with van der Waals surface area (Å²) in [4.78, 5) is 6.71. The Balaban J connectivity index is 1.71. The van der Waals surface area contributed by atoms with Gasteiger partial charge in [-0.25, -0.2) is 0 Å². The summed E-state index contributed by atoms with van der Waals surface area (Å²) >= 11 is 7.42. The topological polar surface area (TPSA) is 39.7 Å². The summed E-state index contributed by atoms with van der Waals surface area (Å²) in [5, 5.41) is 6.36. The summed E-state index contributed by atoms with van der Waals surface area (Å²) < 4.78 is 37.9. The maximum absolute atomic E-state index is 12.4. The molecule has 2 rings (SSSR count). The van der Waals surface area contributed by atoms with Crippen LogP contribution in [0.4, 0.5) is 13.2 Å². The van der Waals surface area contributed by atoms with E-state index in [4.69, 9.17) is 11.6 Å². The van der Waals surface area contributed by atoms with Crippen molar-refractivity contribution in [3.8, 4) is 0 Å². The van der Waals surface area contributed by atoms with Crippen LogP contribution in [0.25, 0.3) is 0 Å². The molecule has 1 aromatic heterocycles. The summed E-state index contributed by atoms with van der Waals surface area (Å²) in [6.45, 7) is 0.661. The quantitative estimate of drug-likeness (QED) is 0.620. The third-order valence-corrected chi connectivity index (χ3v) is 4.82. The molecule has 130 valence electrons. The van der Waals surface area contributed by atoms with E-state index in [0.717, 1.165) is 10.8 Å². The van der Waals surface area contributed by atoms with Crippen molar-refractivity contribution < 1.29 is 13.2 Å². The highest BCUT2D eigenvalue weighted by Crippen LogP contribution is 2.21. The number of halogens is 4. The predicted octanol–water partition coefficient (Wildman–Crippen LogP) is 2.75. The lowest BCUT2D eigenvalue weighted by molar-refractivity contribution is -0.143. The van der Waals surface area contributed by atoms with E-state index in [-0.39, 0.29) is 6.04 Å². The summed E-state index contributed by atoms with van der Waals surface area (Å²) in [5.74, 6) is 0.617. The van der Waals surface area contributed by atoms with Crippen LogP contribution in [0.1, 0.15) is 11.3 Å². The molecule has 1 aliphatic rings. The second-order valence-electron chi connectivity index (χ2n) is 5.44. The summed E-state index contributed by atoms with van der Waals surface area (Å²) in [5.41, 5.74) is 0. The first kappa shape index (κ1) is 18.4. The van der Waals surface area contributed by atoms with Gasteiger partial charge < -0.3 is 10.6 Å². The van der Waals surface area contributed by atoms with Crippen LogP contribution in [0.3, 0.4) is 0 Å². The van der Waals surface area contributed by atoms with Gasteiger partial charge in [0.25, 0.3) is 0 Å². The first-order chi connectivity index (χ1) is 10.9. The van der Waals surface area contributed by atoms with Crippen molar-refractivity contribution in [2.45, 2.75) is 25.1 Å². The smallest absolute Gasteiger partial charge is 0.356 e. The van der Waals surface area contributed by atoms with Crippen molar-refractivity contribution >= 4 is 28.9 Å². The van der Waals surface area contributed by atoms with Crippen LogP contribution >= 0.6 is 22.9 Å². The second kappa shape index (κ2) is 8.21. The Kier molecular flexibility index (Phi) is 6.55. The highest BCUT2D eigenvalue weighted by molar-refractivity contribution is 7.16. The molecule has 9 heteroatoms. The zero-order valence-corrected chi connectivity index (χ0v) is 14.4. The van der Waals surface area contributed by atoms with Gasteiger partial charge in [-0.15, -0.1) is 11.3 Å². The number of thiophene rings is 1. The molecule has 1 atom stereocenters. The minimum Gasteiger partial charge on any atom is -0.356 e. The van der Waals surface area contributed by atoms with Crippen molar-refractivity contribution in [1.29, 1.82) is 0 Å². The molecule has 4 nitrogen and oxygen atoms in total. The van der Waals surface area contributed by atoms with Crippen LogP contribution in [0.2, 0.25) is 4.34 Å². The van der Waals surface area contributed by atoms with Crippen LogP contribution in [-0.2, 0) is 6.42 Å². The predicted molar refractivity (Wildman–Crippen MR) is 88.4 cm³/mol. The largest absolute Gasteiger partial charge is 0.401 e. The van der Waals surface area contributed by atoms with E-state index in [0.29, 0.717) is 32.0 Å². The molecule has 0 saturated carbocycles. The molecule has 0 bridgehead atoms. The molecule has 2 N–H and O–H groups in total. The standard InChI is InChI=1S/C14H20ClF3N4S/c1-19-13(20-6-4-11-2-3-12(15)23-11)21-10-5-7-22(8-10)9-14(16,17)18/h2-3,10H,4-9H2,1H3,(H2,19,20,21). The Labute approximate surface area is 142 Å². The fourth-order valence-corrected chi connectivity index (χ4v) is 3.61. The molecule has 0 aromatic carbocycles. The van der Waals surface area contributed by atoms with E-state index in [1.807, 2.05) is 12.1 Å². The van der Waals surface area contributed by atoms with E-state index in [2.05, 4.69) is 15.6 Å². The minimum atomic E-state index is -4.14. The molecule has 0 aliphatic carbocycles. The summed E-state index contributed by atoms with van der Waals surface area (Å²) in [6, 6.07) is 3.83. The van der Waals surface area contributed by atoms with Crippen LogP contribution in [0.15, 0.2) is 17.1 Å². The average molecular weight is 369 g/mol. The van der Waals surface area contributed by atoms with Gasteiger partial charge in [0.2, 0.25) is 0 Å². The first-order valence-electron chi connectivity index (χ1n) is 7.36. The molecule has 0 radical (unpaired) electrons. The first-order valence-corrected chi connectivity index (χ1v) is 8.55. The number of guanidine groups is 1. The summed E-state index contributed by atoms with van der Waals surface area (Å²) in [6.07, 6.45) is -2.64. The third-order valence-electron chi connectivity index (χ3n) is 3.53. The molecular weight excluding hydrogens is 349 g/mol. The maximum Gasteiger partial charge on any atom is 0.401 e. The van der Waals surface area contributed by atoms with Gasteiger partial charge in [0.15, 0.2) is 5.96 Å². The van der Waals surface area contributed by atoms with Gasteiger partial charge in [-0.3, -0.25) is 9.89 Å². The highest BCUT2D eigenvalue weighted by Gasteiger charge is 2.34. The van der Waals surface area contributed by atoms with E-state index < -0.39 is 12.7 Å². The Morgan fingerprint density at radius 1 is 1.48 bits per heavy atom. The van der Waals surface area contributed by atoms with Crippen LogP contribution in [0.5, 0.6) is 0 Å². The molecular formula is C14H20ClF3N4S. The zero-order valence-electron chi connectivity index (χ0n) is 12.8. The lowest BCUT2D eigenvalue weighted by Crippen LogP contribution is -2.45. The van der Waals surface area contributed by atoms with E-state index in [1.54, 1.807) is 7.05 Å². The highest BCUT2D eigenvalue weighted by atomic mass is 35.5. The van der Waals surface area contributed by atoms with E-state index in [1.165, 1.54) is 21.1 Å². The van der Waals surface area contributed by atoms with Crippen molar-refractivity contribution in [1.82, 2.24) is 15.5 Å². The molecule has 1 aliphatic heterocycles. The molecule has 1 fully saturated rings. The number of aliphatic imine (C=N–C) groups is 1. The zero-order chi connectivity index (χ0) is 16.9. The van der Waals surface area contributed by atoms with Crippen molar-refractivity contribution in [2.24, 2.45) is 4.99 Å². The maximum atomic E-state index is 12.4. The Hall–Kier alpha value is -0.990. The third kappa shape index (κ3) is 6.56. The van der Waals surface area contributed by atoms with Crippen molar-refractivity contribution in [2.75, 3.05) is 33.2 Å². The SMILES string of the molecule is CN=C(NCCc1ccc(Cl)s1)NC1CCN(CC(F)(F)F)C1. The summed E-state index contributed by atoms with van der Waals surface area (Å²) in [7, 11) is 1.65. The van der Waals surface area contributed by atoms with Gasteiger partial charge in [-0.2, -0.15) is 13.2 Å². The molecule has 1 saturated heterocycles. The van der Waals surface area contributed by atoms with Crippen molar-refractivity contribution in [3.05, 3.63) is 21.3 Å². The van der Waals surface area contributed by atoms with Gasteiger partial charge in [0, 0.05) is 37.6 Å². The lowest BCUT2D eigenvalue weighted by atomic mass is 10.3. The Morgan fingerprint density at radius 3 is 2.87 bits per heavy atom. The Bertz CT molecular complexity index is 532. The van der Waals surface area contributed by atoms with Crippen LogP contribution < -0.4 is 10.6 Å².